The van der Waals surface area contributed by atoms with E-state index in [2.05, 4.69) is 27.7 Å². The largest absolute Gasteiger partial charge is 0.462 e. The molecule has 0 amide bonds. The molecule has 0 spiro atoms. The second kappa shape index (κ2) is 16.8. The Hall–Kier alpha value is -1.94. The van der Waals surface area contributed by atoms with Gasteiger partial charge in [-0.25, -0.2) is 19.2 Å². The molecule has 0 radical (unpaired) electrons. The van der Waals surface area contributed by atoms with Crippen LogP contribution in [0.2, 0.25) is 30.1 Å². The van der Waals surface area contributed by atoms with Gasteiger partial charge in [-0.1, -0.05) is 97.3 Å². The number of hydrogen-bond donors (Lipinski definition) is 0. The fourth-order valence-electron chi connectivity index (χ4n) is 6.89. The molecule has 8 nitrogen and oxygen atoms in total. The summed E-state index contributed by atoms with van der Waals surface area (Å²) >= 11 is 37.5. The second-order valence-electron chi connectivity index (χ2n) is 13.0. The molecule has 2 aliphatic rings. The maximum absolute atomic E-state index is 13.2. The Labute approximate surface area is 309 Å². The lowest BCUT2D eigenvalue weighted by molar-refractivity contribution is -0.156. The molecule has 6 atom stereocenters. The Kier molecular flexibility index (Phi) is 13.6. The highest BCUT2D eigenvalue weighted by Gasteiger charge is 2.34. The molecule has 2 fully saturated rings. The number of rotatable bonds is 10. The van der Waals surface area contributed by atoms with Crippen LogP contribution < -0.4 is 9.47 Å². The molecule has 4 rings (SSSR count). The fourth-order valence-corrected chi connectivity index (χ4v) is 8.33. The van der Waals surface area contributed by atoms with Crippen molar-refractivity contribution in [3.05, 3.63) is 53.4 Å². The minimum atomic E-state index is -1.64. The van der Waals surface area contributed by atoms with Crippen molar-refractivity contribution in [3.63, 3.8) is 0 Å². The molecule has 48 heavy (non-hydrogen) atoms. The molecule has 0 heterocycles. The Morgan fingerprint density at radius 1 is 0.583 bits per heavy atom. The standard InChI is InChI=1S/C34H36Cl6O8/c1-15-9-17(3)19(11-15)5-7-45-31(41)25-27(39)21(35)13-23(37)29(25)47-33(43)34(44)48-30-24(38)14-22(36)28(40)26(30)32(42)46-8-6-20-12-16(2)10-18(20)4/h13-20H,5-12H2,1-4H3. The van der Waals surface area contributed by atoms with Crippen LogP contribution in [0.5, 0.6) is 11.5 Å². The van der Waals surface area contributed by atoms with E-state index in [-0.39, 0.29) is 43.3 Å². The Morgan fingerprint density at radius 2 is 0.938 bits per heavy atom. The summed E-state index contributed by atoms with van der Waals surface area (Å²) in [5.74, 6) is -3.42. The third kappa shape index (κ3) is 9.23. The van der Waals surface area contributed by atoms with Crippen molar-refractivity contribution >= 4 is 93.5 Å². The van der Waals surface area contributed by atoms with Crippen LogP contribution in [-0.4, -0.2) is 37.1 Å². The van der Waals surface area contributed by atoms with Gasteiger partial charge in [0.25, 0.3) is 0 Å². The topological polar surface area (TPSA) is 105 Å². The molecule has 0 bridgehead atoms. The molecule has 262 valence electrons. The summed E-state index contributed by atoms with van der Waals surface area (Å²) < 4.78 is 21.3. The number of carbonyl (C=O) groups excluding carboxylic acids is 4. The molecule has 0 saturated heterocycles. The van der Waals surface area contributed by atoms with Crippen LogP contribution in [0.15, 0.2) is 12.1 Å². The zero-order valence-electron chi connectivity index (χ0n) is 26.8. The first-order chi connectivity index (χ1) is 22.6. The molecule has 14 heteroatoms. The van der Waals surface area contributed by atoms with Crippen molar-refractivity contribution in [1.29, 1.82) is 0 Å². The monoisotopic (exact) mass is 782 g/mol. The highest BCUT2D eigenvalue weighted by atomic mass is 35.5. The van der Waals surface area contributed by atoms with E-state index in [1.54, 1.807) is 0 Å². The quantitative estimate of drug-likeness (QED) is 0.101. The van der Waals surface area contributed by atoms with Gasteiger partial charge >= 0.3 is 23.9 Å². The Morgan fingerprint density at radius 3 is 1.25 bits per heavy atom. The van der Waals surface area contributed by atoms with Crippen LogP contribution in [0.1, 0.15) is 86.9 Å². The molecule has 0 aliphatic heterocycles. The highest BCUT2D eigenvalue weighted by molar-refractivity contribution is 6.47. The van der Waals surface area contributed by atoms with Gasteiger partial charge in [-0.2, -0.15) is 0 Å². The molecule has 6 unspecified atom stereocenters. The summed E-state index contributed by atoms with van der Waals surface area (Å²) in [6.07, 6.45) is 5.49. The predicted molar refractivity (Wildman–Crippen MR) is 186 cm³/mol. The smallest absolute Gasteiger partial charge is 0.423 e. The molecule has 2 aromatic carbocycles. The van der Waals surface area contributed by atoms with E-state index < -0.39 is 46.5 Å². The van der Waals surface area contributed by atoms with Gasteiger partial charge in [0.05, 0.1) is 43.3 Å². The fraction of sp³-hybridized carbons (Fsp3) is 0.529. The average molecular weight is 785 g/mol. The minimum Gasteiger partial charge on any atom is -0.462 e. The van der Waals surface area contributed by atoms with E-state index in [4.69, 9.17) is 88.6 Å². The molecular weight excluding hydrogens is 749 g/mol. The number of esters is 4. The van der Waals surface area contributed by atoms with Crippen LogP contribution in [0.25, 0.3) is 0 Å². The van der Waals surface area contributed by atoms with Crippen molar-refractivity contribution in [1.82, 2.24) is 0 Å². The number of ether oxygens (including phenoxy) is 4. The summed E-state index contributed by atoms with van der Waals surface area (Å²) in [4.78, 5) is 52.4. The van der Waals surface area contributed by atoms with Crippen molar-refractivity contribution in [2.75, 3.05) is 13.2 Å². The maximum Gasteiger partial charge on any atom is 0.423 e. The number of carbonyl (C=O) groups is 4. The van der Waals surface area contributed by atoms with Crippen molar-refractivity contribution < 1.29 is 38.1 Å². The number of benzene rings is 2. The Bertz CT molecular complexity index is 1460. The van der Waals surface area contributed by atoms with Crippen molar-refractivity contribution in [3.8, 4) is 11.5 Å². The second-order valence-corrected chi connectivity index (χ2v) is 15.4. The first-order valence-corrected chi connectivity index (χ1v) is 18.0. The van der Waals surface area contributed by atoms with E-state index in [9.17, 15) is 19.2 Å². The van der Waals surface area contributed by atoms with E-state index in [1.165, 1.54) is 0 Å². The lowest BCUT2D eigenvalue weighted by atomic mass is 9.95. The maximum atomic E-state index is 13.2. The zero-order chi connectivity index (χ0) is 35.4. The van der Waals surface area contributed by atoms with Gasteiger partial charge < -0.3 is 18.9 Å². The average Bonchev–Trinajstić information content (AvgIpc) is 3.51. The molecule has 2 saturated carbocycles. The zero-order valence-corrected chi connectivity index (χ0v) is 31.3. The van der Waals surface area contributed by atoms with Crippen molar-refractivity contribution in [2.24, 2.45) is 35.5 Å². The van der Waals surface area contributed by atoms with Gasteiger partial charge in [0, 0.05) is 0 Å². The van der Waals surface area contributed by atoms with Crippen LogP contribution in [0.3, 0.4) is 0 Å². The lowest BCUT2D eigenvalue weighted by Crippen LogP contribution is -2.27. The normalized spacial score (nSPS) is 23.5. The van der Waals surface area contributed by atoms with Gasteiger partial charge in [0.15, 0.2) is 11.5 Å². The van der Waals surface area contributed by atoms with E-state index in [1.807, 2.05) is 0 Å². The van der Waals surface area contributed by atoms with Crippen molar-refractivity contribution in [2.45, 2.75) is 66.2 Å². The van der Waals surface area contributed by atoms with Gasteiger partial charge in [0.2, 0.25) is 0 Å². The van der Waals surface area contributed by atoms with E-state index >= 15 is 0 Å². The molecular formula is C34H36Cl6O8. The van der Waals surface area contributed by atoms with E-state index in [0.717, 1.165) is 37.8 Å². The van der Waals surface area contributed by atoms with Gasteiger partial charge in [0.1, 0.15) is 11.1 Å². The first kappa shape index (κ1) is 38.9. The summed E-state index contributed by atoms with van der Waals surface area (Å²) in [6.45, 7) is 8.84. The summed E-state index contributed by atoms with van der Waals surface area (Å²) in [6, 6.07) is 2.27. The van der Waals surface area contributed by atoms with Crippen LogP contribution in [-0.2, 0) is 19.1 Å². The number of hydrogen-bond acceptors (Lipinski definition) is 8. The summed E-state index contributed by atoms with van der Waals surface area (Å²) in [5, 5.41) is -1.45. The number of halogens is 6. The van der Waals surface area contributed by atoms with Gasteiger partial charge in [-0.3, -0.25) is 0 Å². The molecule has 0 aromatic heterocycles. The Balaban J connectivity index is 1.48. The summed E-state index contributed by atoms with van der Waals surface area (Å²) in [5.41, 5.74) is -0.906. The van der Waals surface area contributed by atoms with Crippen LogP contribution in [0.4, 0.5) is 0 Å². The third-order valence-corrected chi connectivity index (χ3v) is 11.4. The van der Waals surface area contributed by atoms with Gasteiger partial charge in [-0.05, 0) is 86.2 Å². The van der Waals surface area contributed by atoms with Crippen LogP contribution >= 0.6 is 69.6 Å². The SMILES string of the molecule is CC1CC(C)C(CCOC(=O)c2c(Cl)c(Cl)cc(Cl)c2OC(=O)C(=O)Oc2c(Cl)cc(Cl)c(Cl)c2C(=O)OCCC2CC(C)CC2C)C1. The lowest BCUT2D eigenvalue weighted by Gasteiger charge is -2.17. The molecule has 0 N–H and O–H groups in total. The highest BCUT2D eigenvalue weighted by Crippen LogP contribution is 2.43. The third-order valence-electron chi connectivity index (χ3n) is 9.23. The van der Waals surface area contributed by atoms with Crippen LogP contribution in [0, 0.1) is 35.5 Å². The van der Waals surface area contributed by atoms with Gasteiger partial charge in [-0.15, -0.1) is 0 Å². The summed E-state index contributed by atoms with van der Waals surface area (Å²) in [7, 11) is 0. The first-order valence-electron chi connectivity index (χ1n) is 15.7. The minimum absolute atomic E-state index is 0.0734. The molecule has 2 aromatic rings. The predicted octanol–water partition coefficient (Wildman–Crippen LogP) is 10.6. The molecule has 2 aliphatic carbocycles. The van der Waals surface area contributed by atoms with E-state index in [0.29, 0.717) is 48.3 Å².